The van der Waals surface area contributed by atoms with Crippen LogP contribution in [0.4, 0.5) is 0 Å². The highest BCUT2D eigenvalue weighted by atomic mass is 32.2. The Morgan fingerprint density at radius 1 is 1.71 bits per heavy atom. The van der Waals surface area contributed by atoms with Crippen LogP contribution in [0.15, 0.2) is 6.20 Å². The largest absolute Gasteiger partial charge is 0.311 e. The first-order valence-electron chi connectivity index (χ1n) is 4.92. The average Bonchev–Trinajstić information content (AvgIpc) is 2.79. The summed E-state index contributed by atoms with van der Waals surface area (Å²) in [5.74, 6) is 3.23. The van der Waals surface area contributed by atoms with Crippen molar-refractivity contribution in [3.63, 3.8) is 0 Å². The number of aryl methyl sites for hydroxylation is 1. The summed E-state index contributed by atoms with van der Waals surface area (Å²) in [6.45, 7) is 0. The summed E-state index contributed by atoms with van der Waals surface area (Å²) >= 11 is 2.03. The van der Waals surface area contributed by atoms with E-state index in [1.54, 1.807) is 4.68 Å². The maximum Gasteiger partial charge on any atom is 0.0999 e. The predicted octanol–water partition coefficient (Wildman–Crippen LogP) is 0.829. The number of nitrogens with one attached hydrogen (secondary N) is 1. The summed E-state index contributed by atoms with van der Waals surface area (Å²) in [6.07, 6.45) is 3.29. The van der Waals surface area contributed by atoms with Crippen LogP contribution < -0.4 is 5.32 Å². The highest BCUT2D eigenvalue weighted by Gasteiger charge is 2.27. The van der Waals surface area contributed by atoms with Crippen molar-refractivity contribution < 1.29 is 0 Å². The smallest absolute Gasteiger partial charge is 0.0999 e. The Balaban J connectivity index is 2.12. The Bertz CT molecular complexity index is 293. The molecule has 1 N–H and O–H groups in total. The predicted molar refractivity (Wildman–Crippen MR) is 58.2 cm³/mol. The van der Waals surface area contributed by atoms with Gasteiger partial charge in [-0.25, -0.2) is 0 Å². The van der Waals surface area contributed by atoms with E-state index in [-0.39, 0.29) is 0 Å². The van der Waals surface area contributed by atoms with Crippen LogP contribution in [-0.2, 0) is 7.05 Å². The van der Waals surface area contributed by atoms with Crippen molar-refractivity contribution in [2.24, 2.45) is 13.0 Å². The fraction of sp³-hybridized carbons (Fsp3) is 0.778. The maximum absolute atomic E-state index is 4.17. The molecule has 0 aliphatic carbocycles. The van der Waals surface area contributed by atoms with Crippen molar-refractivity contribution in [3.05, 3.63) is 11.9 Å². The summed E-state index contributed by atoms with van der Waals surface area (Å²) in [4.78, 5) is 0. The van der Waals surface area contributed by atoms with Crippen LogP contribution in [-0.4, -0.2) is 33.5 Å². The zero-order chi connectivity index (χ0) is 9.97. The first-order valence-corrected chi connectivity index (χ1v) is 6.08. The second-order valence-corrected chi connectivity index (χ2v) is 4.86. The lowest BCUT2D eigenvalue weighted by Gasteiger charge is -2.19. The van der Waals surface area contributed by atoms with Gasteiger partial charge in [-0.3, -0.25) is 4.68 Å². The lowest BCUT2D eigenvalue weighted by Crippen LogP contribution is -2.25. The summed E-state index contributed by atoms with van der Waals surface area (Å²) in [5.41, 5.74) is 1.07. The molecule has 0 aromatic carbocycles. The lowest BCUT2D eigenvalue weighted by molar-refractivity contribution is 0.411. The van der Waals surface area contributed by atoms with Gasteiger partial charge in [0.1, 0.15) is 0 Å². The second kappa shape index (κ2) is 4.31. The second-order valence-electron chi connectivity index (χ2n) is 3.71. The molecule has 1 fully saturated rings. The Morgan fingerprint density at radius 2 is 2.57 bits per heavy atom. The van der Waals surface area contributed by atoms with Crippen LogP contribution in [0.3, 0.4) is 0 Å². The highest BCUT2D eigenvalue weighted by molar-refractivity contribution is 7.99. The van der Waals surface area contributed by atoms with Crippen molar-refractivity contribution in [1.29, 1.82) is 0 Å². The number of thioether (sulfide) groups is 1. The minimum atomic E-state index is 0.374. The van der Waals surface area contributed by atoms with E-state index in [2.05, 4.69) is 15.6 Å². The van der Waals surface area contributed by atoms with Crippen molar-refractivity contribution in [3.8, 4) is 0 Å². The number of aromatic nitrogens is 3. The fourth-order valence-corrected chi connectivity index (χ4v) is 3.25. The van der Waals surface area contributed by atoms with Gasteiger partial charge in [0.25, 0.3) is 0 Å². The van der Waals surface area contributed by atoms with E-state index in [0.29, 0.717) is 12.0 Å². The van der Waals surface area contributed by atoms with E-state index in [0.717, 1.165) is 5.69 Å². The molecule has 2 unspecified atom stereocenters. The van der Waals surface area contributed by atoms with Crippen LogP contribution in [0.25, 0.3) is 0 Å². The fourth-order valence-electron chi connectivity index (χ4n) is 1.95. The molecule has 0 amide bonds. The molecule has 0 saturated carbocycles. The van der Waals surface area contributed by atoms with Gasteiger partial charge in [0.05, 0.1) is 11.7 Å². The molecule has 1 saturated heterocycles. The van der Waals surface area contributed by atoms with E-state index in [1.807, 2.05) is 32.1 Å². The number of nitrogens with zero attached hydrogens (tertiary/aromatic N) is 3. The van der Waals surface area contributed by atoms with Crippen LogP contribution >= 0.6 is 11.8 Å². The highest BCUT2D eigenvalue weighted by Crippen LogP contribution is 2.32. The normalized spacial score (nSPS) is 24.0. The molecule has 5 heteroatoms. The molecule has 1 aromatic rings. The summed E-state index contributed by atoms with van der Waals surface area (Å²) in [6, 6.07) is 0.374. The molecular formula is C9H16N4S. The maximum atomic E-state index is 4.17. The van der Waals surface area contributed by atoms with Crippen molar-refractivity contribution in [1.82, 2.24) is 20.3 Å². The molecule has 1 aliphatic heterocycles. The molecular weight excluding hydrogens is 196 g/mol. The molecule has 0 bridgehead atoms. The van der Waals surface area contributed by atoms with Gasteiger partial charge < -0.3 is 5.32 Å². The molecule has 1 aromatic heterocycles. The van der Waals surface area contributed by atoms with E-state index in [1.165, 1.54) is 17.9 Å². The van der Waals surface area contributed by atoms with E-state index >= 15 is 0 Å². The van der Waals surface area contributed by atoms with Gasteiger partial charge in [-0.05, 0) is 30.9 Å². The van der Waals surface area contributed by atoms with Crippen molar-refractivity contribution >= 4 is 11.8 Å². The summed E-state index contributed by atoms with van der Waals surface area (Å²) in [5, 5.41) is 11.5. The van der Waals surface area contributed by atoms with Gasteiger partial charge >= 0.3 is 0 Å². The minimum absolute atomic E-state index is 0.374. The van der Waals surface area contributed by atoms with Crippen LogP contribution in [0.1, 0.15) is 18.2 Å². The number of hydrogen-bond acceptors (Lipinski definition) is 4. The van der Waals surface area contributed by atoms with Gasteiger partial charge in [0.15, 0.2) is 0 Å². The number of hydrogen-bond donors (Lipinski definition) is 1. The molecule has 1 aliphatic rings. The van der Waals surface area contributed by atoms with Gasteiger partial charge in [0, 0.05) is 13.2 Å². The molecule has 78 valence electrons. The number of rotatable bonds is 3. The topological polar surface area (TPSA) is 42.7 Å². The molecule has 2 heterocycles. The van der Waals surface area contributed by atoms with Gasteiger partial charge in [-0.1, -0.05) is 5.21 Å². The third-order valence-corrected chi connectivity index (χ3v) is 3.87. The Morgan fingerprint density at radius 3 is 3.07 bits per heavy atom. The monoisotopic (exact) mass is 212 g/mol. The van der Waals surface area contributed by atoms with Crippen molar-refractivity contribution in [2.75, 3.05) is 18.6 Å². The van der Waals surface area contributed by atoms with Crippen LogP contribution in [0, 0.1) is 5.92 Å². The van der Waals surface area contributed by atoms with Crippen LogP contribution in [0.5, 0.6) is 0 Å². The van der Waals surface area contributed by atoms with Gasteiger partial charge in [-0.2, -0.15) is 11.8 Å². The van der Waals surface area contributed by atoms with E-state index < -0.39 is 0 Å². The molecule has 2 atom stereocenters. The SMILES string of the molecule is CNC(c1cn(C)nn1)C1CCSC1. The van der Waals surface area contributed by atoms with Crippen molar-refractivity contribution in [2.45, 2.75) is 12.5 Å². The molecule has 4 nitrogen and oxygen atoms in total. The van der Waals surface area contributed by atoms with Gasteiger partial charge in [0.2, 0.25) is 0 Å². The first-order chi connectivity index (χ1) is 6.81. The molecule has 0 spiro atoms. The molecule has 14 heavy (non-hydrogen) atoms. The summed E-state index contributed by atoms with van der Waals surface area (Å²) in [7, 11) is 3.91. The zero-order valence-electron chi connectivity index (χ0n) is 8.60. The van der Waals surface area contributed by atoms with Crippen LogP contribution in [0.2, 0.25) is 0 Å². The standard InChI is InChI=1S/C9H16N4S/c1-10-9(7-3-4-14-6-7)8-5-13(2)12-11-8/h5,7,9-10H,3-4,6H2,1-2H3. The third kappa shape index (κ3) is 1.93. The Kier molecular flexibility index (Phi) is 3.08. The molecule has 0 radical (unpaired) electrons. The Hall–Kier alpha value is -0.550. The third-order valence-electron chi connectivity index (χ3n) is 2.69. The average molecular weight is 212 g/mol. The zero-order valence-corrected chi connectivity index (χ0v) is 9.42. The lowest BCUT2D eigenvalue weighted by atomic mass is 9.97. The Labute approximate surface area is 88.4 Å². The van der Waals surface area contributed by atoms with Gasteiger partial charge in [-0.15, -0.1) is 5.10 Å². The summed E-state index contributed by atoms with van der Waals surface area (Å²) < 4.78 is 1.77. The van der Waals surface area contributed by atoms with E-state index in [9.17, 15) is 0 Å². The first kappa shape index (κ1) is 9.98. The molecule has 2 rings (SSSR count). The minimum Gasteiger partial charge on any atom is -0.311 e. The van der Waals surface area contributed by atoms with E-state index in [4.69, 9.17) is 0 Å². The quantitative estimate of drug-likeness (QED) is 0.806.